The Morgan fingerprint density at radius 2 is 2.07 bits per heavy atom. The Bertz CT molecular complexity index is 772. The van der Waals surface area contributed by atoms with Crippen molar-refractivity contribution in [3.8, 4) is 0 Å². The van der Waals surface area contributed by atoms with Gasteiger partial charge in [-0.25, -0.2) is 9.59 Å². The lowest BCUT2D eigenvalue weighted by molar-refractivity contribution is -0.148. The van der Waals surface area contributed by atoms with Gasteiger partial charge < -0.3 is 19.3 Å². The number of hydrogen-bond donors (Lipinski definition) is 1. The molecule has 0 amide bonds. The van der Waals surface area contributed by atoms with Crippen LogP contribution in [0, 0.1) is 5.92 Å². The quantitative estimate of drug-likeness (QED) is 0.325. The fourth-order valence-corrected chi connectivity index (χ4v) is 3.44. The van der Waals surface area contributed by atoms with Gasteiger partial charge in [0.15, 0.2) is 0 Å². The zero-order valence-corrected chi connectivity index (χ0v) is 17.1. The fraction of sp³-hybridized carbons (Fsp3) is 0.500. The first-order chi connectivity index (χ1) is 13.7. The molecule has 0 radical (unpaired) electrons. The van der Waals surface area contributed by atoms with Crippen LogP contribution in [0.25, 0.3) is 0 Å². The van der Waals surface area contributed by atoms with E-state index in [1.54, 1.807) is 0 Å². The summed E-state index contributed by atoms with van der Waals surface area (Å²) >= 11 is 0. The summed E-state index contributed by atoms with van der Waals surface area (Å²) in [6.45, 7) is 8.28. The Kier molecular flexibility index (Phi) is 7.96. The van der Waals surface area contributed by atoms with Gasteiger partial charge in [-0.15, -0.1) is 0 Å². The highest BCUT2D eigenvalue weighted by atomic mass is 16.6. The van der Waals surface area contributed by atoms with Gasteiger partial charge in [-0.1, -0.05) is 23.8 Å². The van der Waals surface area contributed by atoms with Crippen LogP contribution >= 0.6 is 0 Å². The van der Waals surface area contributed by atoms with Gasteiger partial charge in [0, 0.05) is 18.9 Å². The third kappa shape index (κ3) is 6.15. The van der Waals surface area contributed by atoms with Crippen molar-refractivity contribution in [3.63, 3.8) is 0 Å². The van der Waals surface area contributed by atoms with Gasteiger partial charge in [-0.05, 0) is 38.8 Å². The smallest absolute Gasteiger partial charge is 0.337 e. The van der Waals surface area contributed by atoms with Gasteiger partial charge in [0.2, 0.25) is 0 Å². The predicted molar refractivity (Wildman–Crippen MR) is 106 cm³/mol. The summed E-state index contributed by atoms with van der Waals surface area (Å²) in [5.74, 6) is -2.30. The molecule has 2 aliphatic rings. The molecular weight excluding hydrogens is 376 g/mol. The molecule has 1 heterocycles. The number of fused-ring (bicyclic) bond motifs is 1. The summed E-state index contributed by atoms with van der Waals surface area (Å²) in [5, 5.41) is 9.19. The van der Waals surface area contributed by atoms with Crippen molar-refractivity contribution in [2.75, 3.05) is 13.2 Å². The summed E-state index contributed by atoms with van der Waals surface area (Å²) < 4.78 is 16.1. The monoisotopic (exact) mass is 404 g/mol. The topological polar surface area (TPSA) is 99.1 Å². The molecule has 0 unspecified atom stereocenters. The molecule has 1 N–H and O–H groups in total. The summed E-state index contributed by atoms with van der Waals surface area (Å²) in [5.41, 5.74) is 2.39. The molecular formula is C22H28O7. The Morgan fingerprint density at radius 1 is 1.34 bits per heavy atom. The molecule has 1 saturated heterocycles. The molecule has 29 heavy (non-hydrogen) atoms. The van der Waals surface area contributed by atoms with Gasteiger partial charge in [0.1, 0.15) is 18.8 Å². The minimum absolute atomic E-state index is 0.0283. The minimum atomic E-state index is -0.721. The van der Waals surface area contributed by atoms with E-state index >= 15 is 0 Å². The van der Waals surface area contributed by atoms with Crippen molar-refractivity contribution in [2.45, 2.75) is 52.2 Å². The Labute approximate surface area is 170 Å². The number of aliphatic hydroxyl groups excluding tert-OH is 1. The normalized spacial score (nSPS) is 29.0. The number of ether oxygens (including phenoxy) is 3. The van der Waals surface area contributed by atoms with Gasteiger partial charge in [-0.3, -0.25) is 4.79 Å². The van der Waals surface area contributed by atoms with Crippen LogP contribution in [0.15, 0.2) is 47.1 Å². The third-order valence-corrected chi connectivity index (χ3v) is 4.95. The molecule has 2 rings (SSSR count). The standard InChI is InChI=1S/C22H28O7/c1-13-6-5-7-14(2)11-19(20-15(3)21(25)28-18(20)10-13)29-22(26)17(8-9-23)12-27-16(4)24/h7-8,10,18-20,23H,3,5-6,9,11-12H2,1-2,4H3/b13-10+,14-7+,17-8+/t18-,19-,20-/m1/s1. The Balaban J connectivity index is 2.32. The van der Waals surface area contributed by atoms with Crippen molar-refractivity contribution < 1.29 is 33.7 Å². The lowest BCUT2D eigenvalue weighted by atomic mass is 9.85. The maximum atomic E-state index is 12.7. The molecule has 7 heteroatoms. The van der Waals surface area contributed by atoms with Crippen molar-refractivity contribution in [3.05, 3.63) is 47.1 Å². The van der Waals surface area contributed by atoms with E-state index in [0.717, 1.165) is 24.0 Å². The van der Waals surface area contributed by atoms with Crippen LogP contribution in [0.5, 0.6) is 0 Å². The summed E-state index contributed by atoms with van der Waals surface area (Å²) in [6, 6.07) is 0. The van der Waals surface area contributed by atoms with Crippen LogP contribution in [0.4, 0.5) is 0 Å². The van der Waals surface area contributed by atoms with E-state index in [0.29, 0.717) is 6.42 Å². The second-order valence-corrected chi connectivity index (χ2v) is 7.36. The molecule has 0 aromatic heterocycles. The highest BCUT2D eigenvalue weighted by Crippen LogP contribution is 2.36. The first-order valence-electron chi connectivity index (χ1n) is 9.59. The maximum absolute atomic E-state index is 12.7. The first-order valence-corrected chi connectivity index (χ1v) is 9.59. The summed E-state index contributed by atoms with van der Waals surface area (Å²) in [7, 11) is 0. The molecule has 1 fully saturated rings. The van der Waals surface area contributed by atoms with Crippen molar-refractivity contribution >= 4 is 17.9 Å². The number of rotatable bonds is 5. The van der Waals surface area contributed by atoms with E-state index in [2.05, 4.69) is 12.7 Å². The zero-order chi connectivity index (χ0) is 21.6. The van der Waals surface area contributed by atoms with Gasteiger partial charge >= 0.3 is 17.9 Å². The molecule has 0 aromatic carbocycles. The van der Waals surface area contributed by atoms with Crippen LogP contribution < -0.4 is 0 Å². The van der Waals surface area contributed by atoms with Crippen molar-refractivity contribution in [1.82, 2.24) is 0 Å². The molecule has 0 spiro atoms. The Hall–Kier alpha value is -2.67. The van der Waals surface area contributed by atoms with Gasteiger partial charge in [-0.2, -0.15) is 0 Å². The van der Waals surface area contributed by atoms with Crippen LogP contribution in [0.2, 0.25) is 0 Å². The predicted octanol–water partition coefficient (Wildman–Crippen LogP) is 2.55. The molecule has 158 valence electrons. The highest BCUT2D eigenvalue weighted by Gasteiger charge is 2.44. The maximum Gasteiger partial charge on any atom is 0.337 e. The summed E-state index contributed by atoms with van der Waals surface area (Å²) in [6.07, 6.45) is 6.06. The average Bonchev–Trinajstić information content (AvgIpc) is 2.91. The summed E-state index contributed by atoms with van der Waals surface area (Å²) in [4.78, 5) is 36.0. The van der Waals surface area contributed by atoms with E-state index in [-0.39, 0.29) is 17.8 Å². The Morgan fingerprint density at radius 3 is 2.72 bits per heavy atom. The van der Waals surface area contributed by atoms with E-state index in [1.807, 2.05) is 19.9 Å². The second kappa shape index (κ2) is 10.2. The van der Waals surface area contributed by atoms with Crippen LogP contribution in [0.3, 0.4) is 0 Å². The molecule has 3 atom stereocenters. The number of aliphatic hydroxyl groups is 1. The lowest BCUT2D eigenvalue weighted by Gasteiger charge is -2.27. The van der Waals surface area contributed by atoms with Crippen molar-refractivity contribution in [1.29, 1.82) is 0 Å². The molecule has 7 nitrogen and oxygen atoms in total. The SMILES string of the molecule is C=C1C(=O)O[C@@H]2/C=C(\C)CC/C=C(\C)C[C@@H](OC(=O)/C(=C/CO)COC(C)=O)[C@H]12. The van der Waals surface area contributed by atoms with Gasteiger partial charge in [0.25, 0.3) is 0 Å². The van der Waals surface area contributed by atoms with Crippen molar-refractivity contribution in [2.24, 2.45) is 5.92 Å². The van der Waals surface area contributed by atoms with Crippen LogP contribution in [0.1, 0.15) is 40.0 Å². The number of hydrogen-bond acceptors (Lipinski definition) is 7. The number of carbonyl (C=O) groups excluding carboxylic acids is 3. The van der Waals surface area contributed by atoms with E-state index in [4.69, 9.17) is 14.2 Å². The van der Waals surface area contributed by atoms with Crippen LogP contribution in [-0.4, -0.2) is 48.4 Å². The number of esters is 3. The van der Waals surface area contributed by atoms with E-state index in [1.165, 1.54) is 13.0 Å². The number of carbonyl (C=O) groups is 3. The average molecular weight is 404 g/mol. The van der Waals surface area contributed by atoms with E-state index < -0.39 is 42.6 Å². The third-order valence-electron chi connectivity index (χ3n) is 4.95. The molecule has 1 aliphatic carbocycles. The fourth-order valence-electron chi connectivity index (χ4n) is 3.44. The largest absolute Gasteiger partial charge is 0.461 e. The molecule has 0 aromatic rings. The zero-order valence-electron chi connectivity index (χ0n) is 17.1. The molecule has 0 bridgehead atoms. The second-order valence-electron chi connectivity index (χ2n) is 7.36. The number of allylic oxidation sites excluding steroid dienone is 2. The van der Waals surface area contributed by atoms with Crippen LogP contribution in [-0.2, 0) is 28.6 Å². The highest BCUT2D eigenvalue weighted by molar-refractivity contribution is 5.92. The molecule has 1 aliphatic heterocycles. The van der Waals surface area contributed by atoms with Gasteiger partial charge in [0.05, 0.1) is 18.1 Å². The first kappa shape index (κ1) is 22.6. The molecule has 0 saturated carbocycles. The lowest BCUT2D eigenvalue weighted by Crippen LogP contribution is -2.34. The van der Waals surface area contributed by atoms with E-state index in [9.17, 15) is 19.5 Å². The minimum Gasteiger partial charge on any atom is -0.461 e.